The summed E-state index contributed by atoms with van der Waals surface area (Å²) in [6, 6.07) is 0. The molecule has 4 rings (SSSR count). The number of hydrogen-bond acceptors (Lipinski definition) is 5. The highest BCUT2D eigenvalue weighted by molar-refractivity contribution is 7.19. The topological polar surface area (TPSA) is 88.5 Å². The summed E-state index contributed by atoms with van der Waals surface area (Å²) in [6.07, 6.45) is 4.73. The number of aromatic amines is 1. The summed E-state index contributed by atoms with van der Waals surface area (Å²) in [4.78, 5) is 25.0. The number of amides is 1. The van der Waals surface area contributed by atoms with Crippen LogP contribution in [0.3, 0.4) is 0 Å². The molecule has 3 aromatic heterocycles. The average Bonchev–Trinajstić information content (AvgIpc) is 3.22. The van der Waals surface area contributed by atoms with Crippen LogP contribution in [0.15, 0.2) is 6.20 Å². The number of thiazole rings is 1. The van der Waals surface area contributed by atoms with Crippen LogP contribution in [0, 0.1) is 12.8 Å². The molecule has 7 nitrogen and oxygen atoms in total. The van der Waals surface area contributed by atoms with E-state index < -0.39 is 0 Å². The quantitative estimate of drug-likeness (QED) is 0.716. The number of fused-ring (bicyclic) bond motifs is 3. The van der Waals surface area contributed by atoms with E-state index in [-0.39, 0.29) is 5.91 Å². The van der Waals surface area contributed by atoms with Crippen LogP contribution in [0.2, 0.25) is 0 Å². The number of hydrogen-bond donors (Lipinski definition) is 2. The molecule has 1 amide bonds. The highest BCUT2D eigenvalue weighted by Gasteiger charge is 2.28. The van der Waals surface area contributed by atoms with E-state index >= 15 is 0 Å². The average molecular weight is 385 g/mol. The molecule has 3 heterocycles. The largest absolute Gasteiger partial charge is 0.341 e. The number of imidazole rings is 1. The van der Waals surface area contributed by atoms with E-state index in [1.165, 1.54) is 12.5 Å². The molecule has 0 unspecified atom stereocenters. The minimum Gasteiger partial charge on any atom is -0.341 e. The van der Waals surface area contributed by atoms with Crippen molar-refractivity contribution in [1.29, 1.82) is 0 Å². The van der Waals surface area contributed by atoms with E-state index in [1.807, 2.05) is 13.1 Å². The van der Waals surface area contributed by atoms with E-state index in [0.717, 1.165) is 59.3 Å². The van der Waals surface area contributed by atoms with Crippen molar-refractivity contribution in [2.24, 2.45) is 5.92 Å². The van der Waals surface area contributed by atoms with Gasteiger partial charge in [-0.1, -0.05) is 25.2 Å². The standard InChI is InChI=1S/C19H24N6OS/c1-10(2)9-25-17-13(16(24-25)15-8-20-11(3)21-15)6-5-7-14-18(17)27-19(23-14)22-12(4)26/h8,10H,5-7,9H2,1-4H3,(H,20,21)(H,22,23,26). The van der Waals surface area contributed by atoms with Gasteiger partial charge >= 0.3 is 0 Å². The lowest BCUT2D eigenvalue weighted by Gasteiger charge is -2.09. The minimum atomic E-state index is -0.0940. The van der Waals surface area contributed by atoms with Crippen LogP contribution in [0.25, 0.3) is 22.0 Å². The number of carbonyl (C=O) groups excluding carboxylic acids is 1. The van der Waals surface area contributed by atoms with Gasteiger partial charge in [0.2, 0.25) is 5.91 Å². The molecule has 0 fully saturated rings. The lowest BCUT2D eigenvalue weighted by Crippen LogP contribution is -2.08. The van der Waals surface area contributed by atoms with Gasteiger partial charge in [0.25, 0.3) is 0 Å². The van der Waals surface area contributed by atoms with Gasteiger partial charge in [-0.05, 0) is 32.1 Å². The molecule has 8 heteroatoms. The van der Waals surface area contributed by atoms with Gasteiger partial charge < -0.3 is 10.3 Å². The molecular formula is C19H24N6OS. The lowest BCUT2D eigenvalue weighted by atomic mass is 10.1. The Morgan fingerprint density at radius 1 is 1.41 bits per heavy atom. The third kappa shape index (κ3) is 3.41. The third-order valence-electron chi connectivity index (χ3n) is 4.58. The smallest absolute Gasteiger partial charge is 0.223 e. The highest BCUT2D eigenvalue weighted by Crippen LogP contribution is 2.42. The maximum absolute atomic E-state index is 11.5. The second-order valence-corrected chi connectivity index (χ2v) is 8.46. The Morgan fingerprint density at radius 3 is 2.89 bits per heavy atom. The number of nitrogens with one attached hydrogen (secondary N) is 2. The summed E-state index contributed by atoms with van der Waals surface area (Å²) < 4.78 is 2.12. The van der Waals surface area contributed by atoms with Crippen molar-refractivity contribution in [3.8, 4) is 22.0 Å². The number of H-pyrrole nitrogens is 1. The predicted octanol–water partition coefficient (Wildman–Crippen LogP) is 3.81. The van der Waals surface area contributed by atoms with Crippen molar-refractivity contribution in [2.75, 3.05) is 5.32 Å². The summed E-state index contributed by atoms with van der Waals surface area (Å²) in [5.74, 6) is 1.26. The maximum Gasteiger partial charge on any atom is 0.223 e. The van der Waals surface area contributed by atoms with Gasteiger partial charge in [-0.3, -0.25) is 9.48 Å². The van der Waals surface area contributed by atoms with Crippen molar-refractivity contribution < 1.29 is 4.79 Å². The lowest BCUT2D eigenvalue weighted by molar-refractivity contribution is -0.114. The van der Waals surface area contributed by atoms with Crippen molar-refractivity contribution in [1.82, 2.24) is 24.7 Å². The van der Waals surface area contributed by atoms with Gasteiger partial charge in [-0.25, -0.2) is 9.97 Å². The first-order valence-corrected chi connectivity index (χ1v) is 10.1. The van der Waals surface area contributed by atoms with Gasteiger partial charge in [0.15, 0.2) is 5.13 Å². The molecule has 0 spiro atoms. The molecule has 1 aliphatic rings. The third-order valence-corrected chi connectivity index (χ3v) is 5.60. The summed E-state index contributed by atoms with van der Waals surface area (Å²) in [5.41, 5.74) is 5.39. The summed E-state index contributed by atoms with van der Waals surface area (Å²) in [5, 5.41) is 8.46. The van der Waals surface area contributed by atoms with Gasteiger partial charge in [-0.2, -0.15) is 5.10 Å². The fraction of sp³-hybridized carbons (Fsp3) is 0.474. The van der Waals surface area contributed by atoms with Crippen molar-refractivity contribution in [2.45, 2.75) is 53.5 Å². The summed E-state index contributed by atoms with van der Waals surface area (Å²) >= 11 is 1.54. The first kappa shape index (κ1) is 17.9. The first-order chi connectivity index (χ1) is 12.9. The Bertz CT molecular complexity index is 996. The predicted molar refractivity (Wildman–Crippen MR) is 107 cm³/mol. The van der Waals surface area contributed by atoms with Crippen LogP contribution < -0.4 is 5.32 Å². The Balaban J connectivity index is 1.90. The van der Waals surface area contributed by atoms with Gasteiger partial charge in [0, 0.05) is 19.0 Å². The van der Waals surface area contributed by atoms with Crippen LogP contribution in [0.5, 0.6) is 0 Å². The molecule has 3 aromatic rings. The Morgan fingerprint density at radius 2 is 2.22 bits per heavy atom. The fourth-order valence-electron chi connectivity index (χ4n) is 3.57. The molecule has 27 heavy (non-hydrogen) atoms. The highest BCUT2D eigenvalue weighted by atomic mass is 32.1. The zero-order chi connectivity index (χ0) is 19.1. The summed E-state index contributed by atoms with van der Waals surface area (Å²) in [6.45, 7) is 8.69. The van der Waals surface area contributed by atoms with E-state index in [4.69, 9.17) is 5.10 Å². The van der Waals surface area contributed by atoms with E-state index in [0.29, 0.717) is 11.0 Å². The number of carbonyl (C=O) groups is 1. The van der Waals surface area contributed by atoms with Crippen molar-refractivity contribution >= 4 is 22.4 Å². The van der Waals surface area contributed by atoms with E-state index in [9.17, 15) is 4.79 Å². The number of nitrogens with zero attached hydrogens (tertiary/aromatic N) is 4. The number of aromatic nitrogens is 5. The molecule has 2 N–H and O–H groups in total. The minimum absolute atomic E-state index is 0.0940. The molecule has 0 saturated carbocycles. The number of anilines is 1. The molecule has 0 aromatic carbocycles. The van der Waals surface area contributed by atoms with Crippen LogP contribution in [0.1, 0.15) is 44.3 Å². The van der Waals surface area contributed by atoms with Crippen LogP contribution in [-0.4, -0.2) is 30.6 Å². The van der Waals surface area contributed by atoms with Gasteiger partial charge in [0.1, 0.15) is 11.5 Å². The van der Waals surface area contributed by atoms with Crippen LogP contribution >= 0.6 is 11.3 Å². The molecule has 0 atom stereocenters. The Labute approximate surface area is 162 Å². The van der Waals surface area contributed by atoms with Crippen LogP contribution in [0.4, 0.5) is 5.13 Å². The number of aryl methyl sites for hydroxylation is 2. The summed E-state index contributed by atoms with van der Waals surface area (Å²) in [7, 11) is 0. The molecular weight excluding hydrogens is 360 g/mol. The normalized spacial score (nSPS) is 13.4. The molecule has 0 radical (unpaired) electrons. The molecule has 142 valence electrons. The van der Waals surface area contributed by atoms with E-state index in [2.05, 4.69) is 38.8 Å². The maximum atomic E-state index is 11.5. The SMILES string of the molecule is CC(=O)Nc1nc2c(s1)-c1c(c(-c3cnc(C)[nH]3)nn1CC(C)C)CCC2. The fourth-order valence-corrected chi connectivity index (χ4v) is 4.70. The van der Waals surface area contributed by atoms with E-state index in [1.54, 1.807) is 11.3 Å². The van der Waals surface area contributed by atoms with Crippen molar-refractivity contribution in [3.05, 3.63) is 23.3 Å². The van der Waals surface area contributed by atoms with Gasteiger partial charge in [0.05, 0.1) is 28.2 Å². The second kappa shape index (κ2) is 6.92. The molecule has 0 saturated heterocycles. The Kier molecular flexibility index (Phi) is 4.59. The molecule has 0 bridgehead atoms. The zero-order valence-corrected chi connectivity index (χ0v) is 16.9. The monoisotopic (exact) mass is 384 g/mol. The molecule has 0 aliphatic heterocycles. The van der Waals surface area contributed by atoms with Gasteiger partial charge in [-0.15, -0.1) is 0 Å². The van der Waals surface area contributed by atoms with Crippen LogP contribution in [-0.2, 0) is 24.2 Å². The zero-order valence-electron chi connectivity index (χ0n) is 16.1. The second-order valence-electron chi connectivity index (χ2n) is 7.46. The van der Waals surface area contributed by atoms with Crippen molar-refractivity contribution in [3.63, 3.8) is 0 Å². The first-order valence-electron chi connectivity index (χ1n) is 9.31. The Hall–Kier alpha value is -2.48. The molecule has 1 aliphatic carbocycles. The number of rotatable bonds is 4.